The monoisotopic (exact) mass is 396 g/mol. The minimum Gasteiger partial charge on any atom is -0.337 e. The van der Waals surface area contributed by atoms with Crippen LogP contribution >= 0.6 is 24.2 Å². The van der Waals surface area contributed by atoms with Gasteiger partial charge in [0, 0.05) is 24.3 Å². The van der Waals surface area contributed by atoms with Crippen molar-refractivity contribution in [1.29, 1.82) is 0 Å². The third-order valence-corrected chi connectivity index (χ3v) is 5.07. The molecule has 0 bridgehead atoms. The van der Waals surface area contributed by atoms with Gasteiger partial charge in [-0.1, -0.05) is 50.2 Å². The average molecular weight is 397 g/mol. The van der Waals surface area contributed by atoms with Gasteiger partial charge in [-0.2, -0.15) is 4.98 Å². The van der Waals surface area contributed by atoms with Crippen molar-refractivity contribution in [2.45, 2.75) is 39.8 Å². The zero-order valence-electron chi connectivity index (χ0n) is 15.3. The molecule has 1 fully saturated rings. The van der Waals surface area contributed by atoms with Gasteiger partial charge in [0.25, 0.3) is 5.89 Å². The summed E-state index contributed by atoms with van der Waals surface area (Å²) in [4.78, 5) is 19.0. The summed E-state index contributed by atoms with van der Waals surface area (Å²) in [6, 6.07) is 7.63. The first kappa shape index (κ1) is 20.7. The van der Waals surface area contributed by atoms with E-state index in [0.29, 0.717) is 30.6 Å². The lowest BCUT2D eigenvalue weighted by Gasteiger charge is -2.25. The zero-order valence-corrected chi connectivity index (χ0v) is 16.9. The largest absolute Gasteiger partial charge is 0.337 e. The number of amides is 1. The van der Waals surface area contributed by atoms with E-state index >= 15 is 0 Å². The van der Waals surface area contributed by atoms with E-state index in [1.165, 1.54) is 0 Å². The van der Waals surface area contributed by atoms with Crippen LogP contribution in [0.25, 0.3) is 11.4 Å². The van der Waals surface area contributed by atoms with Crippen LogP contribution in [0.1, 0.15) is 44.7 Å². The molecule has 0 radical (unpaired) electrons. The van der Waals surface area contributed by atoms with Crippen molar-refractivity contribution in [2.75, 3.05) is 11.6 Å². The molecular weight excluding hydrogens is 372 g/mol. The topological polar surface area (TPSA) is 85.2 Å². The number of thioether (sulfide) groups is 1. The minimum atomic E-state index is -0.149. The highest BCUT2D eigenvalue weighted by Crippen LogP contribution is 2.35. The lowest BCUT2D eigenvalue weighted by molar-refractivity contribution is -0.134. The summed E-state index contributed by atoms with van der Waals surface area (Å²) in [5.74, 6) is 2.63. The van der Waals surface area contributed by atoms with E-state index in [-0.39, 0.29) is 29.8 Å². The molecule has 6 nitrogen and oxygen atoms in total. The highest BCUT2D eigenvalue weighted by atomic mass is 35.5. The number of carbonyl (C=O) groups excluding carboxylic acids is 1. The standard InChI is InChI=1S/C18H24N4O2S.ClH/c1-18(2,3)8-15(23)22-11-25-10-14(22)17-20-16(21-24-17)13-6-4-12(9-19)5-7-13;/h4-7,14H,8-11,19H2,1-3H3;1H. The molecule has 1 aliphatic heterocycles. The summed E-state index contributed by atoms with van der Waals surface area (Å²) < 4.78 is 5.48. The molecule has 8 heteroatoms. The van der Waals surface area contributed by atoms with E-state index in [2.05, 4.69) is 30.9 Å². The van der Waals surface area contributed by atoms with Crippen molar-refractivity contribution < 1.29 is 9.32 Å². The van der Waals surface area contributed by atoms with E-state index in [1.54, 1.807) is 11.8 Å². The third kappa shape index (κ3) is 4.78. The lowest BCUT2D eigenvalue weighted by atomic mass is 9.91. The maximum Gasteiger partial charge on any atom is 0.250 e. The molecule has 26 heavy (non-hydrogen) atoms. The van der Waals surface area contributed by atoms with Gasteiger partial charge >= 0.3 is 0 Å². The molecule has 0 spiro atoms. The highest BCUT2D eigenvalue weighted by Gasteiger charge is 2.35. The Kier molecular flexibility index (Phi) is 6.71. The predicted octanol–water partition coefficient (Wildman–Crippen LogP) is 3.63. The van der Waals surface area contributed by atoms with Crippen LogP contribution in [-0.4, -0.2) is 32.6 Å². The van der Waals surface area contributed by atoms with Crippen LogP contribution in [0.2, 0.25) is 0 Å². The van der Waals surface area contributed by atoms with Crippen molar-refractivity contribution >= 4 is 30.1 Å². The summed E-state index contributed by atoms with van der Waals surface area (Å²) in [6.45, 7) is 6.71. The van der Waals surface area contributed by atoms with Crippen LogP contribution in [0, 0.1) is 5.41 Å². The van der Waals surface area contributed by atoms with Gasteiger partial charge in [0.05, 0.1) is 5.88 Å². The summed E-state index contributed by atoms with van der Waals surface area (Å²) >= 11 is 1.71. The van der Waals surface area contributed by atoms with Crippen LogP contribution < -0.4 is 5.73 Å². The summed E-state index contributed by atoms with van der Waals surface area (Å²) in [7, 11) is 0. The number of aromatic nitrogens is 2. The number of rotatable bonds is 4. The third-order valence-electron chi connectivity index (χ3n) is 4.06. The molecule has 2 heterocycles. The number of carbonyl (C=O) groups is 1. The first-order valence-corrected chi connectivity index (χ1v) is 9.53. The fraction of sp³-hybridized carbons (Fsp3) is 0.500. The van der Waals surface area contributed by atoms with Crippen LogP contribution in [-0.2, 0) is 11.3 Å². The van der Waals surface area contributed by atoms with Gasteiger partial charge in [-0.15, -0.1) is 24.2 Å². The number of nitrogens with zero attached hydrogens (tertiary/aromatic N) is 3. The number of halogens is 1. The van der Waals surface area contributed by atoms with Crippen molar-refractivity contribution in [3.05, 3.63) is 35.7 Å². The SMILES string of the molecule is CC(C)(C)CC(=O)N1CSCC1c1nc(-c2ccc(CN)cc2)no1.Cl. The van der Waals surface area contributed by atoms with Crippen molar-refractivity contribution in [1.82, 2.24) is 15.0 Å². The van der Waals surface area contributed by atoms with Gasteiger partial charge in [0.2, 0.25) is 11.7 Å². The molecule has 1 aliphatic rings. The molecule has 3 rings (SSSR count). The Morgan fingerprint density at radius 1 is 1.35 bits per heavy atom. The first-order chi connectivity index (χ1) is 11.9. The molecule has 1 amide bonds. The van der Waals surface area contributed by atoms with Crippen LogP contribution in [0.4, 0.5) is 0 Å². The Hall–Kier alpha value is -1.57. The Morgan fingerprint density at radius 2 is 2.04 bits per heavy atom. The lowest BCUT2D eigenvalue weighted by Crippen LogP contribution is -2.33. The smallest absolute Gasteiger partial charge is 0.250 e. The number of hydrogen-bond acceptors (Lipinski definition) is 6. The van der Waals surface area contributed by atoms with E-state index < -0.39 is 0 Å². The Balaban J connectivity index is 0.00000243. The molecular formula is C18H25ClN4O2S. The molecule has 1 unspecified atom stereocenters. The van der Waals surface area contributed by atoms with Gasteiger partial charge in [0.15, 0.2) is 0 Å². The van der Waals surface area contributed by atoms with Gasteiger partial charge in [-0.05, 0) is 11.0 Å². The summed E-state index contributed by atoms with van der Waals surface area (Å²) in [5.41, 5.74) is 7.52. The van der Waals surface area contributed by atoms with Gasteiger partial charge in [-0.25, -0.2) is 0 Å². The Bertz CT molecular complexity index is 742. The van der Waals surface area contributed by atoms with Gasteiger partial charge in [0.1, 0.15) is 6.04 Å². The van der Waals surface area contributed by atoms with Crippen molar-refractivity contribution in [3.8, 4) is 11.4 Å². The van der Waals surface area contributed by atoms with Crippen LogP contribution in [0.5, 0.6) is 0 Å². The quantitative estimate of drug-likeness (QED) is 0.849. The van der Waals surface area contributed by atoms with Crippen molar-refractivity contribution in [2.24, 2.45) is 11.1 Å². The van der Waals surface area contributed by atoms with E-state index in [1.807, 2.05) is 29.2 Å². The second kappa shape index (κ2) is 8.41. The molecule has 1 atom stereocenters. The second-order valence-corrected chi connectivity index (χ2v) is 8.47. The highest BCUT2D eigenvalue weighted by molar-refractivity contribution is 7.99. The van der Waals surface area contributed by atoms with Crippen LogP contribution in [0.3, 0.4) is 0 Å². The molecule has 0 saturated carbocycles. The molecule has 1 aromatic heterocycles. The molecule has 2 aromatic rings. The number of nitrogens with two attached hydrogens (primary N) is 1. The Morgan fingerprint density at radius 3 is 2.65 bits per heavy atom. The number of hydrogen-bond donors (Lipinski definition) is 1. The number of benzene rings is 1. The molecule has 1 aromatic carbocycles. The summed E-state index contributed by atoms with van der Waals surface area (Å²) in [5, 5.41) is 4.09. The van der Waals surface area contributed by atoms with Gasteiger partial charge < -0.3 is 15.2 Å². The van der Waals surface area contributed by atoms with E-state index in [9.17, 15) is 4.79 Å². The predicted molar refractivity (Wildman–Crippen MR) is 106 cm³/mol. The summed E-state index contributed by atoms with van der Waals surface area (Å²) in [6.07, 6.45) is 0.506. The first-order valence-electron chi connectivity index (χ1n) is 8.37. The van der Waals surface area contributed by atoms with Crippen LogP contribution in [0.15, 0.2) is 28.8 Å². The maximum atomic E-state index is 12.6. The zero-order chi connectivity index (χ0) is 18.0. The van der Waals surface area contributed by atoms with E-state index in [0.717, 1.165) is 16.9 Å². The normalized spacial score (nSPS) is 17.2. The van der Waals surface area contributed by atoms with Gasteiger partial charge in [-0.3, -0.25) is 4.79 Å². The van der Waals surface area contributed by atoms with E-state index in [4.69, 9.17) is 10.3 Å². The second-order valence-electron chi connectivity index (χ2n) is 7.47. The molecule has 2 N–H and O–H groups in total. The molecule has 0 aliphatic carbocycles. The maximum absolute atomic E-state index is 12.6. The molecule has 1 saturated heterocycles. The fourth-order valence-corrected chi connectivity index (χ4v) is 3.90. The average Bonchev–Trinajstić information content (AvgIpc) is 3.22. The fourth-order valence-electron chi connectivity index (χ4n) is 2.73. The van der Waals surface area contributed by atoms with Crippen molar-refractivity contribution in [3.63, 3.8) is 0 Å². The molecule has 142 valence electrons. The minimum absolute atomic E-state index is 0. The Labute approximate surface area is 164 Å².